The summed E-state index contributed by atoms with van der Waals surface area (Å²) in [6, 6.07) is 0.296. The summed E-state index contributed by atoms with van der Waals surface area (Å²) in [5.74, 6) is 0.530. The second-order valence-electron chi connectivity index (χ2n) is 8.57. The second kappa shape index (κ2) is 7.85. The zero-order valence-corrected chi connectivity index (χ0v) is 17.5. The Bertz CT molecular complexity index is 791. The van der Waals surface area contributed by atoms with Crippen LogP contribution in [0.1, 0.15) is 66.8 Å². The van der Waals surface area contributed by atoms with Crippen LogP contribution in [-0.4, -0.2) is 41.8 Å². The molecule has 0 aromatic carbocycles. The largest absolute Gasteiger partial charge is 0.349 e. The minimum atomic E-state index is -0.104. The van der Waals surface area contributed by atoms with Gasteiger partial charge in [0.25, 0.3) is 5.91 Å². The Kier molecular flexibility index (Phi) is 5.45. The number of carbonyl (C=O) groups is 3. The molecule has 1 saturated heterocycles. The summed E-state index contributed by atoms with van der Waals surface area (Å²) in [5.41, 5.74) is 1.84. The number of fused-ring (bicyclic) bond motifs is 1. The van der Waals surface area contributed by atoms with Crippen molar-refractivity contribution in [2.75, 3.05) is 18.4 Å². The van der Waals surface area contributed by atoms with Crippen LogP contribution in [-0.2, 0) is 22.4 Å². The van der Waals surface area contributed by atoms with Gasteiger partial charge in [-0.25, -0.2) is 0 Å². The predicted octanol–water partition coefficient (Wildman–Crippen LogP) is 2.96. The van der Waals surface area contributed by atoms with E-state index in [0.29, 0.717) is 43.5 Å². The van der Waals surface area contributed by atoms with Gasteiger partial charge in [0.1, 0.15) is 5.00 Å². The molecule has 0 unspecified atom stereocenters. The second-order valence-corrected chi connectivity index (χ2v) is 9.68. The zero-order valence-electron chi connectivity index (χ0n) is 16.7. The molecule has 0 radical (unpaired) electrons. The van der Waals surface area contributed by atoms with E-state index in [-0.39, 0.29) is 23.6 Å². The van der Waals surface area contributed by atoms with Gasteiger partial charge >= 0.3 is 0 Å². The molecule has 1 aliphatic heterocycles. The van der Waals surface area contributed by atoms with Crippen LogP contribution in [0.4, 0.5) is 5.00 Å². The summed E-state index contributed by atoms with van der Waals surface area (Å²) >= 11 is 1.58. The molecule has 2 heterocycles. The molecule has 1 aromatic heterocycles. The van der Waals surface area contributed by atoms with Gasteiger partial charge in [0.2, 0.25) is 11.8 Å². The van der Waals surface area contributed by atoms with Gasteiger partial charge in [-0.1, -0.05) is 6.92 Å². The molecule has 1 aromatic rings. The first-order chi connectivity index (χ1) is 13.4. The maximum absolute atomic E-state index is 12.9. The average molecular weight is 404 g/mol. The minimum Gasteiger partial charge on any atom is -0.349 e. The van der Waals surface area contributed by atoms with Gasteiger partial charge in [-0.05, 0) is 56.4 Å². The van der Waals surface area contributed by atoms with Gasteiger partial charge in [-0.15, -0.1) is 11.3 Å². The van der Waals surface area contributed by atoms with Crippen molar-refractivity contribution in [3.8, 4) is 0 Å². The maximum Gasteiger partial charge on any atom is 0.254 e. The van der Waals surface area contributed by atoms with E-state index in [2.05, 4.69) is 17.6 Å². The lowest BCUT2D eigenvalue weighted by molar-refractivity contribution is -0.132. The van der Waals surface area contributed by atoms with Crippen molar-refractivity contribution in [3.63, 3.8) is 0 Å². The number of likely N-dealkylation sites (tertiary alicyclic amines) is 1. The lowest BCUT2D eigenvalue weighted by Crippen LogP contribution is -2.40. The molecule has 3 amide bonds. The number of hydrogen-bond acceptors (Lipinski definition) is 4. The molecule has 2 fully saturated rings. The van der Waals surface area contributed by atoms with Crippen molar-refractivity contribution in [2.45, 2.75) is 64.8 Å². The van der Waals surface area contributed by atoms with Crippen molar-refractivity contribution < 1.29 is 14.4 Å². The lowest BCUT2D eigenvalue weighted by atomic mass is 9.88. The number of nitrogens with zero attached hydrogens (tertiary/aromatic N) is 1. The highest BCUT2D eigenvalue weighted by Crippen LogP contribution is 2.40. The normalized spacial score (nSPS) is 22.5. The molecular formula is C21H29N3O3S. The number of amides is 3. The van der Waals surface area contributed by atoms with Gasteiger partial charge in [-0.3, -0.25) is 14.4 Å². The van der Waals surface area contributed by atoms with E-state index in [0.717, 1.165) is 42.7 Å². The molecule has 1 saturated carbocycles. The molecule has 152 valence electrons. The number of thiophene rings is 1. The smallest absolute Gasteiger partial charge is 0.254 e. The van der Waals surface area contributed by atoms with E-state index in [9.17, 15) is 14.4 Å². The van der Waals surface area contributed by atoms with Crippen LogP contribution in [0.3, 0.4) is 0 Å². The summed E-state index contributed by atoms with van der Waals surface area (Å²) in [6.45, 7) is 5.07. The molecular weight excluding hydrogens is 374 g/mol. The first kappa shape index (κ1) is 19.4. The summed E-state index contributed by atoms with van der Waals surface area (Å²) in [4.78, 5) is 40.3. The molecule has 2 N–H and O–H groups in total. The van der Waals surface area contributed by atoms with E-state index in [4.69, 9.17) is 0 Å². The Morgan fingerprint density at radius 3 is 2.43 bits per heavy atom. The number of hydrogen-bond donors (Lipinski definition) is 2. The van der Waals surface area contributed by atoms with Gasteiger partial charge < -0.3 is 15.5 Å². The van der Waals surface area contributed by atoms with Gasteiger partial charge in [0.05, 0.1) is 5.56 Å². The number of rotatable bonds is 4. The quantitative estimate of drug-likeness (QED) is 0.811. The van der Waals surface area contributed by atoms with E-state index >= 15 is 0 Å². The molecule has 3 aliphatic rings. The summed E-state index contributed by atoms with van der Waals surface area (Å²) in [5, 5.41) is 6.91. The molecule has 7 heteroatoms. The van der Waals surface area contributed by atoms with Crippen LogP contribution in [0.25, 0.3) is 0 Å². The fraction of sp³-hybridized carbons (Fsp3) is 0.667. The maximum atomic E-state index is 12.9. The van der Waals surface area contributed by atoms with Crippen LogP contribution < -0.4 is 10.6 Å². The van der Waals surface area contributed by atoms with Gasteiger partial charge in [-0.2, -0.15) is 0 Å². The van der Waals surface area contributed by atoms with Crippen LogP contribution in [0, 0.1) is 11.8 Å². The first-order valence-corrected chi connectivity index (χ1v) is 11.3. The van der Waals surface area contributed by atoms with Crippen molar-refractivity contribution in [1.29, 1.82) is 0 Å². The van der Waals surface area contributed by atoms with Crippen molar-refractivity contribution in [3.05, 3.63) is 16.0 Å². The number of piperidine rings is 1. The third kappa shape index (κ3) is 4.09. The minimum absolute atomic E-state index is 0.0182. The number of nitrogens with one attached hydrogen (secondary N) is 2. The molecule has 28 heavy (non-hydrogen) atoms. The zero-order chi connectivity index (χ0) is 19.8. The van der Waals surface area contributed by atoms with E-state index in [1.54, 1.807) is 23.2 Å². The average Bonchev–Trinajstić information content (AvgIpc) is 3.40. The Labute approximate surface area is 170 Å². The monoisotopic (exact) mass is 403 g/mol. The Morgan fingerprint density at radius 2 is 1.79 bits per heavy atom. The van der Waals surface area contributed by atoms with Crippen LogP contribution in [0.5, 0.6) is 0 Å². The highest BCUT2D eigenvalue weighted by atomic mass is 32.1. The molecule has 0 bridgehead atoms. The molecule has 4 rings (SSSR count). The van der Waals surface area contributed by atoms with E-state index < -0.39 is 0 Å². The topological polar surface area (TPSA) is 78.5 Å². The van der Waals surface area contributed by atoms with E-state index in [1.807, 2.05) is 0 Å². The third-order valence-electron chi connectivity index (χ3n) is 6.20. The highest BCUT2D eigenvalue weighted by Gasteiger charge is 2.33. The molecule has 2 aliphatic carbocycles. The van der Waals surface area contributed by atoms with Crippen molar-refractivity contribution in [1.82, 2.24) is 10.2 Å². The van der Waals surface area contributed by atoms with Crippen LogP contribution in [0.15, 0.2) is 0 Å². The van der Waals surface area contributed by atoms with Gasteiger partial charge in [0.15, 0.2) is 0 Å². The SMILES string of the molecule is CC(=O)N1CCC(C(=O)Nc2sc3c(c2C(=O)NC2CC2)CC[C@@H](C)C3)CC1. The Morgan fingerprint density at radius 1 is 1.07 bits per heavy atom. The molecule has 1 atom stereocenters. The van der Waals surface area contributed by atoms with Crippen molar-refractivity contribution in [2.24, 2.45) is 11.8 Å². The lowest BCUT2D eigenvalue weighted by Gasteiger charge is -2.30. The Balaban J connectivity index is 1.51. The molecule has 6 nitrogen and oxygen atoms in total. The number of anilines is 1. The van der Waals surface area contributed by atoms with Gasteiger partial charge in [0, 0.05) is 36.9 Å². The van der Waals surface area contributed by atoms with Crippen LogP contribution in [0.2, 0.25) is 0 Å². The Hall–Kier alpha value is -1.89. The number of carbonyl (C=O) groups excluding carboxylic acids is 3. The summed E-state index contributed by atoms with van der Waals surface area (Å²) < 4.78 is 0. The van der Waals surface area contributed by atoms with E-state index in [1.165, 1.54) is 4.88 Å². The first-order valence-electron chi connectivity index (χ1n) is 10.4. The predicted molar refractivity (Wildman–Crippen MR) is 110 cm³/mol. The van der Waals surface area contributed by atoms with Crippen molar-refractivity contribution >= 4 is 34.1 Å². The fourth-order valence-corrected chi connectivity index (χ4v) is 5.65. The fourth-order valence-electron chi connectivity index (χ4n) is 4.23. The third-order valence-corrected chi connectivity index (χ3v) is 7.37. The standard InChI is InChI=1S/C21H29N3O3S/c1-12-3-6-16-17(11-12)28-21(18(16)20(27)22-15-4-5-15)23-19(26)14-7-9-24(10-8-14)13(2)25/h12,14-15H,3-11H2,1-2H3,(H,22,27)(H,23,26)/t12-/m1/s1. The van der Waals surface area contributed by atoms with Crippen LogP contribution >= 0.6 is 11.3 Å². The molecule has 0 spiro atoms. The summed E-state index contributed by atoms with van der Waals surface area (Å²) in [7, 11) is 0. The summed E-state index contributed by atoms with van der Waals surface area (Å²) in [6.07, 6.45) is 6.43. The highest BCUT2D eigenvalue weighted by molar-refractivity contribution is 7.17.